The zero-order chi connectivity index (χ0) is 20.8. The van der Waals surface area contributed by atoms with Gasteiger partial charge in [-0.3, -0.25) is 4.79 Å². The lowest BCUT2D eigenvalue weighted by Gasteiger charge is -2.33. The number of hydrogen-bond acceptors (Lipinski definition) is 3. The molecule has 0 radical (unpaired) electrons. The summed E-state index contributed by atoms with van der Waals surface area (Å²) in [6.45, 7) is 0. The quantitative estimate of drug-likeness (QED) is 0.316. The van der Waals surface area contributed by atoms with Crippen LogP contribution in [0.5, 0.6) is 0 Å². The van der Waals surface area contributed by atoms with E-state index >= 15 is 0 Å². The third kappa shape index (κ3) is 3.80. The number of carbonyl (C=O) groups excluding carboxylic acids is 2. The van der Waals surface area contributed by atoms with Crippen LogP contribution in [-0.2, 0) is 19.7 Å². The van der Waals surface area contributed by atoms with Gasteiger partial charge in [0.15, 0.2) is 0 Å². The predicted molar refractivity (Wildman–Crippen MR) is 117 cm³/mol. The molecule has 0 spiro atoms. The minimum absolute atomic E-state index is 0.192. The van der Waals surface area contributed by atoms with E-state index in [9.17, 15) is 9.59 Å². The Kier molecular flexibility index (Phi) is 6.08. The molecule has 0 aliphatic heterocycles. The SMILES string of the molecule is O=C(OC(=O)C(c1ccccc1)(c1ccccc1)c1ccccc1)C1CCCCC1. The van der Waals surface area contributed by atoms with E-state index in [0.717, 1.165) is 48.8 Å². The second-order valence-corrected chi connectivity index (χ2v) is 7.89. The lowest BCUT2D eigenvalue weighted by atomic mass is 9.69. The first kappa shape index (κ1) is 20.1. The normalized spacial score (nSPS) is 14.8. The molecule has 152 valence electrons. The number of esters is 2. The molecule has 0 unspecified atom stereocenters. The summed E-state index contributed by atoms with van der Waals surface area (Å²) in [5.41, 5.74) is 1.13. The van der Waals surface area contributed by atoms with Gasteiger partial charge in [-0.1, -0.05) is 110 Å². The molecule has 3 aromatic carbocycles. The van der Waals surface area contributed by atoms with Gasteiger partial charge in [-0.2, -0.15) is 0 Å². The summed E-state index contributed by atoms with van der Waals surface area (Å²) in [4.78, 5) is 26.8. The number of benzene rings is 3. The molecule has 1 aliphatic carbocycles. The highest BCUT2D eigenvalue weighted by molar-refractivity contribution is 5.98. The molecule has 1 fully saturated rings. The smallest absolute Gasteiger partial charge is 0.333 e. The van der Waals surface area contributed by atoms with Crippen molar-refractivity contribution >= 4 is 11.9 Å². The van der Waals surface area contributed by atoms with E-state index in [2.05, 4.69) is 0 Å². The van der Waals surface area contributed by atoms with Crippen LogP contribution < -0.4 is 0 Å². The van der Waals surface area contributed by atoms with Crippen LogP contribution in [0.3, 0.4) is 0 Å². The Bertz CT molecular complexity index is 878. The van der Waals surface area contributed by atoms with Crippen molar-refractivity contribution in [3.63, 3.8) is 0 Å². The highest BCUT2D eigenvalue weighted by Gasteiger charge is 2.46. The van der Waals surface area contributed by atoms with E-state index in [1.807, 2.05) is 91.0 Å². The molecule has 30 heavy (non-hydrogen) atoms. The fraction of sp³-hybridized carbons (Fsp3) is 0.259. The van der Waals surface area contributed by atoms with Crippen LogP contribution in [0.2, 0.25) is 0 Å². The maximum absolute atomic E-state index is 13.9. The van der Waals surface area contributed by atoms with Crippen molar-refractivity contribution in [2.45, 2.75) is 37.5 Å². The molecule has 4 rings (SSSR count). The monoisotopic (exact) mass is 398 g/mol. The van der Waals surface area contributed by atoms with Gasteiger partial charge in [0, 0.05) is 0 Å². The average molecular weight is 399 g/mol. The molecule has 1 saturated carbocycles. The first-order valence-corrected chi connectivity index (χ1v) is 10.7. The highest BCUT2D eigenvalue weighted by atomic mass is 16.6. The van der Waals surface area contributed by atoms with Crippen LogP contribution in [0.1, 0.15) is 48.8 Å². The number of ether oxygens (including phenoxy) is 1. The second kappa shape index (κ2) is 9.08. The number of rotatable bonds is 5. The van der Waals surface area contributed by atoms with E-state index in [1.165, 1.54) is 0 Å². The summed E-state index contributed by atoms with van der Waals surface area (Å²) < 4.78 is 5.64. The Hall–Kier alpha value is -3.20. The van der Waals surface area contributed by atoms with Crippen molar-refractivity contribution in [1.82, 2.24) is 0 Å². The molecule has 0 N–H and O–H groups in total. The van der Waals surface area contributed by atoms with Gasteiger partial charge in [0.1, 0.15) is 5.41 Å². The minimum atomic E-state index is -1.21. The third-order valence-electron chi connectivity index (χ3n) is 6.06. The van der Waals surface area contributed by atoms with Crippen molar-refractivity contribution in [2.75, 3.05) is 0 Å². The molecule has 3 nitrogen and oxygen atoms in total. The highest BCUT2D eigenvalue weighted by Crippen LogP contribution is 2.41. The molecule has 0 aromatic heterocycles. The van der Waals surface area contributed by atoms with Crippen LogP contribution in [0.4, 0.5) is 0 Å². The van der Waals surface area contributed by atoms with Gasteiger partial charge >= 0.3 is 11.9 Å². The fourth-order valence-corrected chi connectivity index (χ4v) is 4.51. The molecule has 1 aliphatic rings. The Morgan fingerprint density at radius 2 is 1.03 bits per heavy atom. The van der Waals surface area contributed by atoms with Crippen molar-refractivity contribution in [1.29, 1.82) is 0 Å². The predicted octanol–water partition coefficient (Wildman–Crippen LogP) is 5.67. The van der Waals surface area contributed by atoms with Crippen LogP contribution in [0, 0.1) is 5.92 Å². The number of hydrogen-bond donors (Lipinski definition) is 0. The van der Waals surface area contributed by atoms with Gasteiger partial charge < -0.3 is 4.74 Å². The zero-order valence-corrected chi connectivity index (χ0v) is 17.0. The molecule has 0 atom stereocenters. The van der Waals surface area contributed by atoms with E-state index in [1.54, 1.807) is 0 Å². The molecular weight excluding hydrogens is 372 g/mol. The minimum Gasteiger partial charge on any atom is -0.392 e. The molecule has 0 amide bonds. The maximum Gasteiger partial charge on any atom is 0.333 e. The van der Waals surface area contributed by atoms with E-state index in [-0.39, 0.29) is 5.92 Å². The largest absolute Gasteiger partial charge is 0.392 e. The molecule has 3 aromatic rings. The van der Waals surface area contributed by atoms with Gasteiger partial charge in [-0.15, -0.1) is 0 Å². The summed E-state index contributed by atoms with van der Waals surface area (Å²) in [7, 11) is 0. The topological polar surface area (TPSA) is 43.4 Å². The molecule has 0 heterocycles. The van der Waals surface area contributed by atoms with Gasteiger partial charge in [-0.05, 0) is 29.5 Å². The van der Waals surface area contributed by atoms with E-state index in [4.69, 9.17) is 4.74 Å². The lowest BCUT2D eigenvalue weighted by Crippen LogP contribution is -2.42. The summed E-state index contributed by atoms with van der Waals surface area (Å²) in [6, 6.07) is 28.7. The summed E-state index contributed by atoms with van der Waals surface area (Å²) in [6.07, 6.45) is 4.74. The third-order valence-corrected chi connectivity index (χ3v) is 6.06. The first-order valence-electron chi connectivity index (χ1n) is 10.7. The molecule has 0 bridgehead atoms. The molecule has 0 saturated heterocycles. The number of carbonyl (C=O) groups is 2. The molecule has 3 heteroatoms. The van der Waals surface area contributed by atoms with Gasteiger partial charge in [0.2, 0.25) is 0 Å². The van der Waals surface area contributed by atoms with Crippen molar-refractivity contribution < 1.29 is 14.3 Å². The fourth-order valence-electron chi connectivity index (χ4n) is 4.51. The standard InChI is InChI=1S/C27H26O3/c28-25(21-13-5-1-6-14-21)30-26(29)27(22-15-7-2-8-16-22,23-17-9-3-10-18-23)24-19-11-4-12-20-24/h2-4,7-12,15-21H,1,5-6,13-14H2. The Labute approximate surface area is 177 Å². The van der Waals surface area contributed by atoms with Gasteiger partial charge in [0.25, 0.3) is 0 Å². The van der Waals surface area contributed by atoms with Crippen LogP contribution in [0.25, 0.3) is 0 Å². The van der Waals surface area contributed by atoms with Crippen LogP contribution in [0.15, 0.2) is 91.0 Å². The first-order chi connectivity index (χ1) is 14.7. The average Bonchev–Trinajstić information content (AvgIpc) is 2.82. The Morgan fingerprint density at radius 3 is 1.43 bits per heavy atom. The summed E-state index contributed by atoms with van der Waals surface area (Å²) >= 11 is 0. The Balaban J connectivity index is 1.84. The molecular formula is C27H26O3. The summed E-state index contributed by atoms with van der Waals surface area (Å²) in [5, 5.41) is 0. The van der Waals surface area contributed by atoms with Crippen molar-refractivity contribution in [3.05, 3.63) is 108 Å². The van der Waals surface area contributed by atoms with Gasteiger partial charge in [-0.25, -0.2) is 4.79 Å². The van der Waals surface area contributed by atoms with E-state index < -0.39 is 17.4 Å². The summed E-state index contributed by atoms with van der Waals surface area (Å²) in [5.74, 6) is -1.13. The van der Waals surface area contributed by atoms with Crippen molar-refractivity contribution in [2.24, 2.45) is 5.92 Å². The zero-order valence-electron chi connectivity index (χ0n) is 17.0. The van der Waals surface area contributed by atoms with Gasteiger partial charge in [0.05, 0.1) is 5.92 Å². The Morgan fingerprint density at radius 1 is 0.633 bits per heavy atom. The van der Waals surface area contributed by atoms with Crippen LogP contribution >= 0.6 is 0 Å². The van der Waals surface area contributed by atoms with E-state index in [0.29, 0.717) is 0 Å². The van der Waals surface area contributed by atoms with Crippen LogP contribution in [-0.4, -0.2) is 11.9 Å². The second-order valence-electron chi connectivity index (χ2n) is 7.89. The maximum atomic E-state index is 13.9. The lowest BCUT2D eigenvalue weighted by molar-refractivity contribution is -0.165. The van der Waals surface area contributed by atoms with Crippen molar-refractivity contribution in [3.8, 4) is 0 Å².